The van der Waals surface area contributed by atoms with Crippen LogP contribution in [0, 0.1) is 4.91 Å². The number of amides is 1. The van der Waals surface area contributed by atoms with Gasteiger partial charge in [-0.05, 0) is 27.7 Å². The van der Waals surface area contributed by atoms with E-state index in [4.69, 9.17) is 4.84 Å². The second-order valence-electron chi connectivity index (χ2n) is 4.63. The average molecular weight is 229 g/mol. The van der Waals surface area contributed by atoms with Gasteiger partial charge in [0, 0.05) is 6.92 Å². The molecule has 0 spiro atoms. The Morgan fingerprint density at radius 2 is 1.81 bits per heavy atom. The topological polar surface area (TPSA) is 79.3 Å². The Balaban J connectivity index is 3.17. The summed E-state index contributed by atoms with van der Waals surface area (Å²) in [5.74, 6) is -1.10. The van der Waals surface area contributed by atoms with E-state index in [2.05, 4.69) is 5.29 Å². The lowest BCUT2D eigenvalue weighted by Gasteiger charge is -2.33. The summed E-state index contributed by atoms with van der Waals surface area (Å²) in [5, 5.41) is 4.79. The molecule has 0 N–H and O–H groups in total. The van der Waals surface area contributed by atoms with Crippen molar-refractivity contribution in [1.82, 2.24) is 10.1 Å². The van der Waals surface area contributed by atoms with E-state index in [0.717, 1.165) is 10.1 Å². The quantitative estimate of drug-likeness (QED) is 0.654. The van der Waals surface area contributed by atoms with Crippen LogP contribution in [0.4, 0.5) is 0 Å². The number of rotatable bonds is 2. The summed E-state index contributed by atoms with van der Waals surface area (Å²) in [6.45, 7) is 7.42. The predicted octanol–water partition coefficient (Wildman–Crippen LogP) is 0.805. The fraction of sp³-hybridized carbons (Fsp3) is 0.778. The van der Waals surface area contributed by atoms with Crippen molar-refractivity contribution in [3.05, 3.63) is 4.91 Å². The van der Waals surface area contributed by atoms with E-state index in [1.807, 2.05) is 0 Å². The molecule has 0 aromatic heterocycles. The third-order valence-corrected chi connectivity index (χ3v) is 2.55. The highest BCUT2D eigenvalue weighted by Gasteiger charge is 2.59. The number of nitrogens with zero attached hydrogens (tertiary/aromatic N) is 3. The maximum atomic E-state index is 12.0. The molecule has 7 nitrogen and oxygen atoms in total. The van der Waals surface area contributed by atoms with Gasteiger partial charge in [-0.3, -0.25) is 9.59 Å². The van der Waals surface area contributed by atoms with E-state index in [0.29, 0.717) is 0 Å². The number of hydrogen-bond acceptors (Lipinski definition) is 5. The molecule has 16 heavy (non-hydrogen) atoms. The zero-order valence-electron chi connectivity index (χ0n) is 9.97. The Bertz CT molecular complexity index is 351. The van der Waals surface area contributed by atoms with Crippen molar-refractivity contribution in [2.75, 3.05) is 0 Å². The third-order valence-electron chi connectivity index (χ3n) is 2.55. The predicted molar refractivity (Wildman–Crippen MR) is 54.4 cm³/mol. The summed E-state index contributed by atoms with van der Waals surface area (Å²) in [6.07, 6.45) is 0. The van der Waals surface area contributed by atoms with Crippen molar-refractivity contribution in [2.45, 2.75) is 45.8 Å². The van der Waals surface area contributed by atoms with E-state index in [1.54, 1.807) is 27.7 Å². The fourth-order valence-corrected chi connectivity index (χ4v) is 1.84. The Morgan fingerprint density at radius 3 is 2.12 bits per heavy atom. The summed E-state index contributed by atoms with van der Waals surface area (Å²) < 4.78 is 0. The third kappa shape index (κ3) is 1.52. The second-order valence-corrected chi connectivity index (χ2v) is 4.63. The number of nitroso groups, excluding NO2 is 1. The highest BCUT2D eigenvalue weighted by atomic mass is 16.7. The molecule has 1 saturated heterocycles. The first-order valence-corrected chi connectivity index (χ1v) is 4.82. The lowest BCUT2D eigenvalue weighted by atomic mass is 10.1. The minimum atomic E-state index is -1.12. The molecule has 1 aliphatic rings. The number of carbonyl (C=O) groups is 2. The van der Waals surface area contributed by atoms with Crippen molar-refractivity contribution in [2.24, 2.45) is 5.29 Å². The first-order valence-electron chi connectivity index (χ1n) is 4.82. The molecule has 90 valence electrons. The molecule has 0 radical (unpaired) electrons. The minimum Gasteiger partial charge on any atom is -0.336 e. The average Bonchev–Trinajstić information content (AvgIpc) is 2.23. The summed E-state index contributed by atoms with van der Waals surface area (Å²) in [5.41, 5.74) is -2.21. The van der Waals surface area contributed by atoms with Gasteiger partial charge in [-0.2, -0.15) is 0 Å². The Morgan fingerprint density at radius 1 is 1.31 bits per heavy atom. The molecule has 1 aliphatic heterocycles. The molecular weight excluding hydrogens is 214 g/mol. The van der Waals surface area contributed by atoms with Gasteiger partial charge >= 0.3 is 5.97 Å². The molecule has 1 amide bonds. The molecule has 1 heterocycles. The monoisotopic (exact) mass is 229 g/mol. The van der Waals surface area contributed by atoms with Crippen LogP contribution in [-0.2, 0) is 14.4 Å². The Labute approximate surface area is 93.2 Å². The van der Waals surface area contributed by atoms with Crippen molar-refractivity contribution in [3.63, 3.8) is 0 Å². The Kier molecular flexibility index (Phi) is 2.66. The molecular formula is C9H15N3O4. The van der Waals surface area contributed by atoms with Crippen LogP contribution in [0.3, 0.4) is 0 Å². The molecule has 0 saturated carbocycles. The zero-order valence-corrected chi connectivity index (χ0v) is 9.97. The van der Waals surface area contributed by atoms with E-state index in [-0.39, 0.29) is 0 Å². The molecule has 0 unspecified atom stereocenters. The maximum absolute atomic E-state index is 12.0. The van der Waals surface area contributed by atoms with Crippen molar-refractivity contribution in [3.8, 4) is 0 Å². The lowest BCUT2D eigenvalue weighted by molar-refractivity contribution is -0.218. The van der Waals surface area contributed by atoms with Gasteiger partial charge in [-0.1, -0.05) is 0 Å². The van der Waals surface area contributed by atoms with E-state index >= 15 is 0 Å². The fourth-order valence-electron chi connectivity index (χ4n) is 1.84. The van der Waals surface area contributed by atoms with Gasteiger partial charge in [-0.15, -0.1) is 9.97 Å². The van der Waals surface area contributed by atoms with Crippen LogP contribution in [0.2, 0.25) is 0 Å². The Hall–Kier alpha value is -1.66. The van der Waals surface area contributed by atoms with Gasteiger partial charge in [0.1, 0.15) is 5.54 Å². The van der Waals surface area contributed by atoms with Crippen LogP contribution in [-0.4, -0.2) is 33.2 Å². The van der Waals surface area contributed by atoms with Gasteiger partial charge in [0.25, 0.3) is 5.91 Å². The SMILES string of the molecule is CC(=O)ON1C(=O)C(C)(C)N(N=O)C1(C)C. The molecule has 0 aliphatic carbocycles. The lowest BCUT2D eigenvalue weighted by Crippen LogP contribution is -2.49. The van der Waals surface area contributed by atoms with Crippen LogP contribution in [0.1, 0.15) is 34.6 Å². The molecule has 1 fully saturated rings. The van der Waals surface area contributed by atoms with Gasteiger partial charge < -0.3 is 4.84 Å². The summed E-state index contributed by atoms with van der Waals surface area (Å²) >= 11 is 0. The number of carbonyl (C=O) groups excluding carboxylic acids is 2. The van der Waals surface area contributed by atoms with E-state index in [1.165, 1.54) is 6.92 Å². The highest BCUT2D eigenvalue weighted by Crippen LogP contribution is 2.38. The van der Waals surface area contributed by atoms with Gasteiger partial charge in [-0.25, -0.2) is 5.01 Å². The summed E-state index contributed by atoms with van der Waals surface area (Å²) in [6, 6.07) is 0. The second kappa shape index (κ2) is 3.43. The molecule has 7 heteroatoms. The van der Waals surface area contributed by atoms with Crippen LogP contribution in [0.15, 0.2) is 5.29 Å². The molecule has 0 bridgehead atoms. The van der Waals surface area contributed by atoms with Crippen LogP contribution < -0.4 is 0 Å². The normalized spacial score (nSPS) is 22.2. The smallest absolute Gasteiger partial charge is 0.329 e. The van der Waals surface area contributed by atoms with Crippen molar-refractivity contribution < 1.29 is 14.4 Å². The van der Waals surface area contributed by atoms with E-state index < -0.39 is 23.1 Å². The largest absolute Gasteiger partial charge is 0.336 e. The first kappa shape index (κ1) is 12.4. The van der Waals surface area contributed by atoms with Gasteiger partial charge in [0.2, 0.25) is 0 Å². The van der Waals surface area contributed by atoms with Crippen LogP contribution >= 0.6 is 0 Å². The summed E-state index contributed by atoms with van der Waals surface area (Å²) in [4.78, 5) is 38.4. The molecule has 0 aromatic carbocycles. The maximum Gasteiger partial charge on any atom is 0.329 e. The van der Waals surface area contributed by atoms with Gasteiger partial charge in [0.05, 0.1) is 5.29 Å². The summed E-state index contributed by atoms with van der Waals surface area (Å²) in [7, 11) is 0. The molecule has 0 atom stereocenters. The van der Waals surface area contributed by atoms with Crippen molar-refractivity contribution >= 4 is 11.9 Å². The zero-order chi connectivity index (χ0) is 12.7. The highest BCUT2D eigenvalue weighted by molar-refractivity contribution is 5.88. The molecule has 0 aromatic rings. The van der Waals surface area contributed by atoms with Crippen LogP contribution in [0.5, 0.6) is 0 Å². The van der Waals surface area contributed by atoms with E-state index in [9.17, 15) is 14.5 Å². The standard InChI is InChI=1S/C9H15N3O4/c1-6(13)16-11-7(14)8(2,3)12(10-15)9(11,4)5/h1-5H3. The first-order chi connectivity index (χ1) is 7.15. The van der Waals surface area contributed by atoms with Gasteiger partial charge in [0.15, 0.2) is 5.66 Å². The van der Waals surface area contributed by atoms with Crippen LogP contribution in [0.25, 0.3) is 0 Å². The molecule has 1 rings (SSSR count). The minimum absolute atomic E-state index is 0.479. The number of hydroxylamine groups is 2. The number of hydrogen-bond donors (Lipinski definition) is 0. The van der Waals surface area contributed by atoms with Crippen molar-refractivity contribution in [1.29, 1.82) is 0 Å².